The highest BCUT2D eigenvalue weighted by atomic mass is 28.4. The van der Waals surface area contributed by atoms with E-state index in [4.69, 9.17) is 13.6 Å². The van der Waals surface area contributed by atoms with Gasteiger partial charge in [0.25, 0.3) is 0 Å². The molecule has 4 unspecified atom stereocenters. The van der Waals surface area contributed by atoms with Gasteiger partial charge in [-0.2, -0.15) is 0 Å². The molecule has 138 valence electrons. The number of allylic oxidation sites excluding steroid dienone is 2. The van der Waals surface area contributed by atoms with Crippen LogP contribution in [0.5, 0.6) is 0 Å². The maximum Gasteiger partial charge on any atom is 0.334 e. The van der Waals surface area contributed by atoms with Crippen molar-refractivity contribution < 1.29 is 23.5 Å². The van der Waals surface area contributed by atoms with Gasteiger partial charge in [0, 0.05) is 25.7 Å². The SMILES string of the molecule is CCO[Si](C)(CCCOCC1C2CC(C=C2C)C1C(=O)O)OCC. The summed E-state index contributed by atoms with van der Waals surface area (Å²) in [4.78, 5) is 11.6. The van der Waals surface area contributed by atoms with Crippen LogP contribution in [0.4, 0.5) is 0 Å². The van der Waals surface area contributed by atoms with Gasteiger partial charge in [0.2, 0.25) is 0 Å². The molecule has 0 heterocycles. The van der Waals surface area contributed by atoms with Crippen molar-refractivity contribution in [3.8, 4) is 0 Å². The Hall–Kier alpha value is -0.693. The molecule has 0 aromatic heterocycles. The third-order valence-electron chi connectivity index (χ3n) is 5.44. The van der Waals surface area contributed by atoms with E-state index in [9.17, 15) is 9.90 Å². The minimum absolute atomic E-state index is 0.125. The smallest absolute Gasteiger partial charge is 0.334 e. The van der Waals surface area contributed by atoms with E-state index in [0.29, 0.717) is 32.3 Å². The molecule has 24 heavy (non-hydrogen) atoms. The molecule has 0 aliphatic heterocycles. The van der Waals surface area contributed by atoms with E-state index >= 15 is 0 Å². The van der Waals surface area contributed by atoms with Gasteiger partial charge in [0.1, 0.15) is 0 Å². The van der Waals surface area contributed by atoms with Crippen molar-refractivity contribution in [2.24, 2.45) is 23.7 Å². The van der Waals surface area contributed by atoms with Crippen molar-refractivity contribution in [1.82, 2.24) is 0 Å². The second-order valence-electron chi connectivity index (χ2n) is 7.12. The molecule has 1 saturated carbocycles. The first-order valence-corrected chi connectivity index (χ1v) is 11.7. The maximum atomic E-state index is 11.6. The van der Waals surface area contributed by atoms with Crippen LogP contribution < -0.4 is 0 Å². The number of fused-ring (bicyclic) bond motifs is 2. The molecule has 1 fully saturated rings. The van der Waals surface area contributed by atoms with Crippen molar-refractivity contribution in [1.29, 1.82) is 0 Å². The van der Waals surface area contributed by atoms with E-state index in [2.05, 4.69) is 19.5 Å². The van der Waals surface area contributed by atoms with Gasteiger partial charge < -0.3 is 18.7 Å². The molecule has 0 spiro atoms. The van der Waals surface area contributed by atoms with Crippen molar-refractivity contribution in [3.05, 3.63) is 11.6 Å². The van der Waals surface area contributed by atoms with E-state index in [1.165, 1.54) is 5.57 Å². The highest BCUT2D eigenvalue weighted by Gasteiger charge is 2.50. The molecule has 6 heteroatoms. The average molecular weight is 357 g/mol. The second kappa shape index (κ2) is 8.60. The first-order valence-electron chi connectivity index (χ1n) is 9.18. The Labute approximate surface area is 146 Å². The molecule has 0 amide bonds. The van der Waals surface area contributed by atoms with Gasteiger partial charge in [0.05, 0.1) is 12.5 Å². The summed E-state index contributed by atoms with van der Waals surface area (Å²) in [5.74, 6) is -0.229. The Morgan fingerprint density at radius 3 is 2.58 bits per heavy atom. The second-order valence-corrected chi connectivity index (χ2v) is 10.5. The summed E-state index contributed by atoms with van der Waals surface area (Å²) in [6, 6.07) is 0.909. The van der Waals surface area contributed by atoms with Gasteiger partial charge in [-0.25, -0.2) is 0 Å². The Morgan fingerprint density at radius 2 is 2.00 bits per heavy atom. The lowest BCUT2D eigenvalue weighted by Crippen LogP contribution is -2.39. The lowest BCUT2D eigenvalue weighted by Gasteiger charge is -2.28. The van der Waals surface area contributed by atoms with Crippen molar-refractivity contribution in [3.63, 3.8) is 0 Å². The minimum Gasteiger partial charge on any atom is -0.481 e. The number of hydrogen-bond acceptors (Lipinski definition) is 4. The molecule has 0 radical (unpaired) electrons. The number of carboxylic acid groups (broad SMARTS) is 1. The van der Waals surface area contributed by atoms with Gasteiger partial charge in [-0.15, -0.1) is 0 Å². The van der Waals surface area contributed by atoms with Gasteiger partial charge in [-0.05, 0) is 58.0 Å². The average Bonchev–Trinajstić information content (AvgIpc) is 3.03. The Balaban J connectivity index is 1.76. The molecular weight excluding hydrogens is 324 g/mol. The lowest BCUT2D eigenvalue weighted by molar-refractivity contribution is -0.145. The topological polar surface area (TPSA) is 65.0 Å². The molecular formula is C18H32O5Si. The highest BCUT2D eigenvalue weighted by molar-refractivity contribution is 6.66. The van der Waals surface area contributed by atoms with E-state index in [0.717, 1.165) is 18.9 Å². The first kappa shape index (κ1) is 19.6. The summed E-state index contributed by atoms with van der Waals surface area (Å²) in [5.41, 5.74) is 1.35. The van der Waals surface area contributed by atoms with Crippen molar-refractivity contribution >= 4 is 14.5 Å². The molecule has 0 saturated heterocycles. The van der Waals surface area contributed by atoms with Gasteiger partial charge >= 0.3 is 14.5 Å². The summed E-state index contributed by atoms with van der Waals surface area (Å²) in [6.45, 7) is 10.8. The Bertz CT molecular complexity index is 458. The third-order valence-corrected chi connectivity index (χ3v) is 8.50. The standard InChI is InChI=1S/C18H32O5Si/c1-5-22-24(4,23-6-2)9-7-8-21-12-16-15-11-14(10-13(15)3)17(16)18(19)20/h10,14-17H,5-9,11-12H2,1-4H3,(H,19,20). The molecule has 0 aromatic carbocycles. The number of ether oxygens (including phenoxy) is 1. The number of hydrogen-bond donors (Lipinski definition) is 1. The minimum atomic E-state index is -2.07. The fourth-order valence-corrected chi connectivity index (χ4v) is 6.82. The van der Waals surface area contributed by atoms with Crippen LogP contribution in [-0.2, 0) is 18.4 Å². The van der Waals surface area contributed by atoms with Crippen LogP contribution in [-0.4, -0.2) is 46.1 Å². The van der Waals surface area contributed by atoms with Crippen molar-refractivity contribution in [2.75, 3.05) is 26.4 Å². The molecule has 2 aliphatic rings. The van der Waals surface area contributed by atoms with E-state index in [-0.39, 0.29) is 17.8 Å². The quantitative estimate of drug-likeness (QED) is 0.349. The molecule has 1 N–H and O–H groups in total. The van der Waals surface area contributed by atoms with Crippen LogP contribution in [0.2, 0.25) is 12.6 Å². The fraction of sp³-hybridized carbons (Fsp3) is 0.833. The third kappa shape index (κ3) is 4.48. The molecule has 2 bridgehead atoms. The summed E-state index contributed by atoms with van der Waals surface area (Å²) < 4.78 is 17.5. The molecule has 2 rings (SSSR count). The zero-order valence-corrected chi connectivity index (χ0v) is 16.4. The largest absolute Gasteiger partial charge is 0.481 e. The normalized spacial score (nSPS) is 29.1. The zero-order chi connectivity index (χ0) is 17.7. The monoisotopic (exact) mass is 356 g/mol. The van der Waals surface area contributed by atoms with Gasteiger partial charge in [0.15, 0.2) is 0 Å². The Kier molecular flexibility index (Phi) is 7.04. The van der Waals surface area contributed by atoms with E-state index < -0.39 is 14.5 Å². The molecule has 5 nitrogen and oxygen atoms in total. The molecule has 4 atom stereocenters. The van der Waals surface area contributed by atoms with Crippen molar-refractivity contribution in [2.45, 2.75) is 46.2 Å². The van der Waals surface area contributed by atoms with Crippen LogP contribution >= 0.6 is 0 Å². The van der Waals surface area contributed by atoms with Crippen LogP contribution in [0, 0.1) is 23.7 Å². The predicted octanol–water partition coefficient (Wildman–Crippen LogP) is 3.45. The van der Waals surface area contributed by atoms with Gasteiger partial charge in [-0.3, -0.25) is 4.79 Å². The summed E-state index contributed by atoms with van der Waals surface area (Å²) in [7, 11) is -2.07. The summed E-state index contributed by atoms with van der Waals surface area (Å²) >= 11 is 0. The molecule has 2 aliphatic carbocycles. The number of carboxylic acids is 1. The van der Waals surface area contributed by atoms with Crippen LogP contribution in [0.25, 0.3) is 0 Å². The van der Waals surface area contributed by atoms with Crippen LogP contribution in [0.15, 0.2) is 11.6 Å². The number of rotatable bonds is 11. The Morgan fingerprint density at radius 1 is 1.33 bits per heavy atom. The highest BCUT2D eigenvalue weighted by Crippen LogP contribution is 2.51. The number of aliphatic carboxylic acids is 1. The maximum absolute atomic E-state index is 11.6. The van der Waals surface area contributed by atoms with Gasteiger partial charge in [-0.1, -0.05) is 11.6 Å². The predicted molar refractivity (Wildman–Crippen MR) is 95.1 cm³/mol. The van der Waals surface area contributed by atoms with Crippen LogP contribution in [0.1, 0.15) is 33.6 Å². The van der Waals surface area contributed by atoms with E-state index in [1.807, 2.05) is 13.8 Å². The van der Waals surface area contributed by atoms with E-state index in [1.54, 1.807) is 0 Å². The fourth-order valence-electron chi connectivity index (χ4n) is 4.44. The zero-order valence-electron chi connectivity index (χ0n) is 15.4. The summed E-state index contributed by atoms with van der Waals surface area (Å²) in [6.07, 6.45) is 4.04. The summed E-state index contributed by atoms with van der Waals surface area (Å²) in [5, 5.41) is 9.51. The first-order chi connectivity index (χ1) is 11.4. The van der Waals surface area contributed by atoms with Crippen LogP contribution in [0.3, 0.4) is 0 Å². The molecule has 0 aromatic rings. The lowest BCUT2D eigenvalue weighted by atomic mass is 9.80. The number of carbonyl (C=O) groups is 1.